The predicted molar refractivity (Wildman–Crippen MR) is 71.0 cm³/mol. The van der Waals surface area contributed by atoms with Crippen LogP contribution in [0.2, 0.25) is 5.02 Å². The molecule has 0 aliphatic rings. The molecule has 0 aliphatic heterocycles. The topological polar surface area (TPSA) is 64.1 Å². The van der Waals surface area contributed by atoms with E-state index in [1.54, 1.807) is 6.92 Å². The summed E-state index contributed by atoms with van der Waals surface area (Å²) >= 11 is 6.02. The van der Waals surface area contributed by atoms with Crippen LogP contribution in [0, 0.1) is 6.92 Å². The molecule has 0 unspecified atom stereocenters. The van der Waals surface area contributed by atoms with Gasteiger partial charge in [0.15, 0.2) is 5.82 Å². The molecule has 0 atom stereocenters. The van der Waals surface area contributed by atoms with Crippen molar-refractivity contribution in [2.24, 2.45) is 0 Å². The largest absolute Gasteiger partial charge is 0.392 e. The van der Waals surface area contributed by atoms with Crippen LogP contribution in [0.3, 0.4) is 0 Å². The van der Waals surface area contributed by atoms with Gasteiger partial charge in [0.1, 0.15) is 0 Å². The Hall–Kier alpha value is -1.85. The monoisotopic (exact) mass is 277 g/mol. The summed E-state index contributed by atoms with van der Waals surface area (Å²) < 4.78 is 6.91. The first-order chi connectivity index (χ1) is 9.17. The van der Waals surface area contributed by atoms with E-state index < -0.39 is 0 Å². The Morgan fingerprint density at radius 2 is 2.26 bits per heavy atom. The zero-order valence-corrected chi connectivity index (χ0v) is 11.1. The van der Waals surface area contributed by atoms with E-state index in [9.17, 15) is 5.11 Å². The quantitative estimate of drug-likeness (QED) is 0.799. The number of fused-ring (bicyclic) bond motifs is 1. The molecular weight excluding hydrogens is 266 g/mol. The van der Waals surface area contributed by atoms with E-state index in [0.29, 0.717) is 23.3 Å². The molecular formula is C13H12ClN3O2. The highest BCUT2D eigenvalue weighted by Gasteiger charge is 2.11. The molecule has 1 aromatic carbocycles. The Morgan fingerprint density at radius 1 is 1.42 bits per heavy atom. The zero-order chi connectivity index (χ0) is 13.4. The molecule has 0 fully saturated rings. The number of rotatable bonds is 3. The maximum atomic E-state index is 9.39. The van der Waals surface area contributed by atoms with Crippen molar-refractivity contribution in [3.8, 4) is 0 Å². The second kappa shape index (κ2) is 4.68. The van der Waals surface area contributed by atoms with Crippen molar-refractivity contribution >= 4 is 22.5 Å². The normalized spacial score (nSPS) is 11.3. The number of aryl methyl sites for hydroxylation is 1. The molecule has 0 aliphatic carbocycles. The lowest BCUT2D eigenvalue weighted by atomic mass is 10.2. The van der Waals surface area contributed by atoms with Crippen LogP contribution >= 0.6 is 11.6 Å². The number of benzene rings is 1. The first kappa shape index (κ1) is 12.2. The van der Waals surface area contributed by atoms with Gasteiger partial charge in [-0.25, -0.2) is 0 Å². The van der Waals surface area contributed by atoms with E-state index in [1.165, 1.54) is 0 Å². The van der Waals surface area contributed by atoms with E-state index >= 15 is 0 Å². The smallest absolute Gasteiger partial charge is 0.223 e. The maximum Gasteiger partial charge on any atom is 0.223 e. The second-order valence-corrected chi connectivity index (χ2v) is 4.77. The summed E-state index contributed by atoms with van der Waals surface area (Å²) in [4.78, 5) is 4.18. The van der Waals surface area contributed by atoms with Crippen molar-refractivity contribution in [3.63, 3.8) is 0 Å². The van der Waals surface area contributed by atoms with Gasteiger partial charge in [-0.15, -0.1) is 0 Å². The van der Waals surface area contributed by atoms with E-state index in [0.717, 1.165) is 16.5 Å². The highest BCUT2D eigenvalue weighted by atomic mass is 35.5. The Labute approximate surface area is 114 Å². The molecule has 3 rings (SSSR count). The lowest BCUT2D eigenvalue weighted by Gasteiger charge is -2.01. The Bertz CT molecular complexity index is 733. The predicted octanol–water partition coefficient (Wildman–Crippen LogP) is 2.53. The molecule has 0 amide bonds. The highest BCUT2D eigenvalue weighted by Crippen LogP contribution is 2.25. The number of halogens is 1. The van der Waals surface area contributed by atoms with Gasteiger partial charge in [-0.2, -0.15) is 4.98 Å². The molecule has 0 radical (unpaired) electrons. The van der Waals surface area contributed by atoms with Gasteiger partial charge in [0.05, 0.1) is 18.7 Å². The third-order valence-corrected chi connectivity index (χ3v) is 3.21. The van der Waals surface area contributed by atoms with Crippen molar-refractivity contribution in [1.82, 2.24) is 14.7 Å². The molecule has 19 heavy (non-hydrogen) atoms. The lowest BCUT2D eigenvalue weighted by Crippen LogP contribution is -1.99. The standard InChI is InChI=1S/C13H12ClN3O2/c1-8-15-13(16-19-8)6-17-5-9(7-18)11-3-2-10(14)4-12(11)17/h2-5,18H,6-7H2,1H3. The lowest BCUT2D eigenvalue weighted by molar-refractivity contribution is 0.283. The van der Waals surface area contributed by atoms with Gasteiger partial charge < -0.3 is 14.2 Å². The minimum atomic E-state index is -0.0175. The first-order valence-electron chi connectivity index (χ1n) is 5.84. The van der Waals surface area contributed by atoms with E-state index in [-0.39, 0.29) is 6.61 Å². The van der Waals surface area contributed by atoms with Gasteiger partial charge >= 0.3 is 0 Å². The van der Waals surface area contributed by atoms with Crippen LogP contribution < -0.4 is 0 Å². The summed E-state index contributed by atoms with van der Waals surface area (Å²) in [6.07, 6.45) is 1.88. The average molecular weight is 278 g/mol. The van der Waals surface area contributed by atoms with Crippen molar-refractivity contribution in [2.45, 2.75) is 20.1 Å². The van der Waals surface area contributed by atoms with Crippen LogP contribution in [0.1, 0.15) is 17.3 Å². The minimum Gasteiger partial charge on any atom is -0.392 e. The summed E-state index contributed by atoms with van der Waals surface area (Å²) in [5, 5.41) is 14.9. The molecule has 2 aromatic heterocycles. The van der Waals surface area contributed by atoms with Crippen LogP contribution in [-0.4, -0.2) is 19.8 Å². The van der Waals surface area contributed by atoms with Crippen LogP contribution in [0.15, 0.2) is 28.9 Å². The molecule has 0 bridgehead atoms. The SMILES string of the molecule is Cc1nc(Cn2cc(CO)c3ccc(Cl)cc32)no1. The third kappa shape index (κ3) is 2.22. The molecule has 0 spiro atoms. The molecule has 2 heterocycles. The Balaban J connectivity index is 2.09. The average Bonchev–Trinajstić information content (AvgIpc) is 2.94. The Morgan fingerprint density at radius 3 is 2.95 bits per heavy atom. The number of hydrogen-bond acceptors (Lipinski definition) is 4. The molecule has 0 saturated heterocycles. The van der Waals surface area contributed by atoms with Crippen LogP contribution in [0.4, 0.5) is 0 Å². The number of nitrogens with zero attached hydrogens (tertiary/aromatic N) is 3. The van der Waals surface area contributed by atoms with Gasteiger partial charge in [-0.3, -0.25) is 0 Å². The summed E-state index contributed by atoms with van der Waals surface area (Å²) in [6, 6.07) is 5.58. The van der Waals surface area contributed by atoms with E-state index in [2.05, 4.69) is 10.1 Å². The second-order valence-electron chi connectivity index (χ2n) is 4.33. The van der Waals surface area contributed by atoms with Gasteiger partial charge in [0.25, 0.3) is 0 Å². The van der Waals surface area contributed by atoms with Gasteiger partial charge in [0.2, 0.25) is 5.89 Å². The summed E-state index contributed by atoms with van der Waals surface area (Å²) in [5.74, 6) is 1.13. The zero-order valence-electron chi connectivity index (χ0n) is 10.3. The molecule has 0 saturated carbocycles. The molecule has 3 aromatic rings. The summed E-state index contributed by atoms with van der Waals surface area (Å²) in [5.41, 5.74) is 1.80. The highest BCUT2D eigenvalue weighted by molar-refractivity contribution is 6.31. The molecule has 1 N–H and O–H groups in total. The van der Waals surface area contributed by atoms with E-state index in [4.69, 9.17) is 16.1 Å². The number of aliphatic hydroxyl groups excluding tert-OH is 1. The third-order valence-electron chi connectivity index (χ3n) is 2.98. The van der Waals surface area contributed by atoms with Crippen molar-refractivity contribution < 1.29 is 9.63 Å². The van der Waals surface area contributed by atoms with Crippen molar-refractivity contribution in [3.05, 3.63) is 46.7 Å². The Kier molecular flexibility index (Phi) is 3.00. The minimum absolute atomic E-state index is 0.0175. The molecule has 98 valence electrons. The summed E-state index contributed by atoms with van der Waals surface area (Å²) in [7, 11) is 0. The van der Waals surface area contributed by atoms with Crippen LogP contribution in [0.5, 0.6) is 0 Å². The maximum absolute atomic E-state index is 9.39. The van der Waals surface area contributed by atoms with Crippen LogP contribution in [-0.2, 0) is 13.2 Å². The van der Waals surface area contributed by atoms with E-state index in [1.807, 2.05) is 29.0 Å². The first-order valence-corrected chi connectivity index (χ1v) is 6.22. The van der Waals surface area contributed by atoms with Crippen molar-refractivity contribution in [1.29, 1.82) is 0 Å². The summed E-state index contributed by atoms with van der Waals surface area (Å²) in [6.45, 7) is 2.21. The molecule has 5 nitrogen and oxygen atoms in total. The van der Waals surface area contributed by atoms with Crippen molar-refractivity contribution in [2.75, 3.05) is 0 Å². The number of aromatic nitrogens is 3. The van der Waals surface area contributed by atoms with Gasteiger partial charge in [-0.1, -0.05) is 22.8 Å². The number of hydrogen-bond donors (Lipinski definition) is 1. The number of aliphatic hydroxyl groups is 1. The van der Waals surface area contributed by atoms with Gasteiger partial charge in [-0.05, 0) is 12.1 Å². The fourth-order valence-corrected chi connectivity index (χ4v) is 2.32. The fraction of sp³-hybridized carbons (Fsp3) is 0.231. The molecule has 6 heteroatoms. The van der Waals surface area contributed by atoms with Gasteiger partial charge in [0, 0.05) is 29.1 Å². The van der Waals surface area contributed by atoms with Crippen LogP contribution in [0.25, 0.3) is 10.9 Å². The fourth-order valence-electron chi connectivity index (χ4n) is 2.16.